The zero-order valence-electron chi connectivity index (χ0n) is 15.4. The maximum atomic E-state index is 12.7. The Morgan fingerprint density at radius 2 is 1.86 bits per heavy atom. The maximum absolute atomic E-state index is 12.7. The van der Waals surface area contributed by atoms with Crippen molar-refractivity contribution in [3.05, 3.63) is 59.9 Å². The van der Waals surface area contributed by atoms with Crippen LogP contribution in [0.4, 0.5) is 24.7 Å². The number of benzene rings is 1. The lowest BCUT2D eigenvalue weighted by atomic mass is 10.0. The molecule has 0 unspecified atom stereocenters. The molecule has 0 saturated carbocycles. The molecule has 1 N–H and O–H groups in total. The molecule has 1 aliphatic heterocycles. The fourth-order valence-corrected chi connectivity index (χ4v) is 3.57. The Kier molecular flexibility index (Phi) is 4.97. The second-order valence-electron chi connectivity index (χ2n) is 6.99. The Morgan fingerprint density at radius 3 is 2.52 bits per heavy atom. The van der Waals surface area contributed by atoms with Crippen LogP contribution in [-0.4, -0.2) is 29.1 Å². The van der Waals surface area contributed by atoms with Crippen LogP contribution in [0.15, 0.2) is 48.7 Å². The molecule has 0 aliphatic carbocycles. The van der Waals surface area contributed by atoms with Gasteiger partial charge < -0.3 is 10.2 Å². The van der Waals surface area contributed by atoms with E-state index in [1.54, 1.807) is 6.07 Å². The van der Waals surface area contributed by atoms with Crippen molar-refractivity contribution in [3.63, 3.8) is 0 Å². The molecule has 148 valence electrons. The molecular weight excluding hydrogens is 379 g/mol. The van der Waals surface area contributed by atoms with Gasteiger partial charge >= 0.3 is 6.18 Å². The average molecular weight is 397 g/mol. The first kappa shape index (κ1) is 19.0. The predicted molar refractivity (Wildman–Crippen MR) is 105 cm³/mol. The van der Waals surface area contributed by atoms with Gasteiger partial charge in [-0.25, -0.2) is 9.97 Å². The van der Waals surface area contributed by atoms with E-state index < -0.39 is 11.7 Å². The second kappa shape index (κ2) is 7.59. The van der Waals surface area contributed by atoms with E-state index in [-0.39, 0.29) is 6.04 Å². The van der Waals surface area contributed by atoms with Gasteiger partial charge in [-0.05, 0) is 37.1 Å². The monoisotopic (exact) mass is 397 g/mol. The summed E-state index contributed by atoms with van der Waals surface area (Å²) in [5.41, 5.74) is 1.26. The van der Waals surface area contributed by atoms with E-state index in [0.717, 1.165) is 41.7 Å². The van der Waals surface area contributed by atoms with Gasteiger partial charge in [-0.15, -0.1) is 0 Å². The van der Waals surface area contributed by atoms with Crippen LogP contribution in [0.25, 0.3) is 10.9 Å². The van der Waals surface area contributed by atoms with E-state index in [1.807, 2.05) is 29.2 Å². The van der Waals surface area contributed by atoms with Crippen molar-refractivity contribution in [1.82, 2.24) is 9.97 Å². The lowest BCUT2D eigenvalue weighted by molar-refractivity contribution is -0.137. The number of hydrogen-bond donors (Lipinski definition) is 1. The normalized spacial score (nSPS) is 15.3. The van der Waals surface area contributed by atoms with E-state index in [9.17, 15) is 18.4 Å². The minimum atomic E-state index is -4.38. The molecule has 29 heavy (non-hydrogen) atoms. The van der Waals surface area contributed by atoms with Gasteiger partial charge in [-0.3, -0.25) is 0 Å². The molecule has 1 saturated heterocycles. The molecule has 0 atom stereocenters. The van der Waals surface area contributed by atoms with Gasteiger partial charge in [0.05, 0.1) is 11.1 Å². The molecule has 3 heterocycles. The molecule has 0 bridgehead atoms. The molecule has 2 aromatic heterocycles. The minimum absolute atomic E-state index is 0.193. The smallest absolute Gasteiger partial charge is 0.382 e. The van der Waals surface area contributed by atoms with E-state index in [0.29, 0.717) is 24.6 Å². The molecule has 1 fully saturated rings. The number of para-hydroxylation sites is 1. The molecule has 5 nitrogen and oxygen atoms in total. The summed E-state index contributed by atoms with van der Waals surface area (Å²) >= 11 is 0. The average Bonchev–Trinajstić information content (AvgIpc) is 2.73. The summed E-state index contributed by atoms with van der Waals surface area (Å²) in [6, 6.07) is 14.2. The van der Waals surface area contributed by atoms with Crippen molar-refractivity contribution in [2.75, 3.05) is 23.3 Å². The number of pyridine rings is 2. The number of halogens is 3. The molecule has 0 amide bonds. The van der Waals surface area contributed by atoms with E-state index in [2.05, 4.69) is 21.4 Å². The molecular formula is C21H18F3N5. The fourth-order valence-electron chi connectivity index (χ4n) is 3.57. The van der Waals surface area contributed by atoms with Gasteiger partial charge in [0.25, 0.3) is 0 Å². The summed E-state index contributed by atoms with van der Waals surface area (Å²) in [5, 5.41) is 13.7. The van der Waals surface area contributed by atoms with Crippen molar-refractivity contribution >= 4 is 22.4 Å². The third-order valence-corrected chi connectivity index (χ3v) is 5.08. The summed E-state index contributed by atoms with van der Waals surface area (Å²) in [6.07, 6.45) is -1.88. The highest BCUT2D eigenvalue weighted by molar-refractivity contribution is 5.91. The molecule has 8 heteroatoms. The predicted octanol–water partition coefficient (Wildman–Crippen LogP) is 4.60. The zero-order chi connectivity index (χ0) is 20.4. The SMILES string of the molecule is N#Cc1cc(NC2CCN(c3ccc(C(F)(F)F)cn3)CC2)c2ccccc2n1. The van der Waals surface area contributed by atoms with Crippen molar-refractivity contribution in [3.8, 4) is 6.07 Å². The van der Waals surface area contributed by atoms with Crippen molar-refractivity contribution in [1.29, 1.82) is 5.26 Å². The van der Waals surface area contributed by atoms with Crippen LogP contribution in [0.3, 0.4) is 0 Å². The summed E-state index contributed by atoms with van der Waals surface area (Å²) < 4.78 is 38.1. The topological polar surface area (TPSA) is 64.8 Å². The van der Waals surface area contributed by atoms with Gasteiger partial charge in [0.15, 0.2) is 0 Å². The lowest BCUT2D eigenvalue weighted by Crippen LogP contribution is -2.39. The van der Waals surface area contributed by atoms with Crippen LogP contribution in [0, 0.1) is 11.3 Å². The van der Waals surface area contributed by atoms with Gasteiger partial charge in [-0.2, -0.15) is 18.4 Å². The van der Waals surface area contributed by atoms with Crippen LogP contribution in [0.1, 0.15) is 24.1 Å². The number of nitrogens with zero attached hydrogens (tertiary/aromatic N) is 4. The third-order valence-electron chi connectivity index (χ3n) is 5.08. The molecule has 3 aromatic rings. The van der Waals surface area contributed by atoms with Crippen molar-refractivity contribution < 1.29 is 13.2 Å². The number of anilines is 2. The second-order valence-corrected chi connectivity index (χ2v) is 6.99. The zero-order valence-corrected chi connectivity index (χ0v) is 15.4. The standard InChI is InChI=1S/C21H18F3N5/c22-21(23,24)14-5-6-20(26-13-14)29-9-7-15(8-10-29)27-19-11-16(12-25)28-18-4-2-1-3-17(18)19/h1-6,11,13,15H,7-10H2,(H,27,28). The van der Waals surface area contributed by atoms with Crippen molar-refractivity contribution in [2.24, 2.45) is 0 Å². The summed E-state index contributed by atoms with van der Waals surface area (Å²) in [7, 11) is 0. The van der Waals surface area contributed by atoms with Crippen LogP contribution < -0.4 is 10.2 Å². The Bertz CT molecular complexity index is 1050. The highest BCUT2D eigenvalue weighted by Gasteiger charge is 2.31. The number of hydrogen-bond acceptors (Lipinski definition) is 5. The number of rotatable bonds is 3. The van der Waals surface area contributed by atoms with E-state index in [4.69, 9.17) is 0 Å². The first-order valence-electron chi connectivity index (χ1n) is 9.28. The Morgan fingerprint density at radius 1 is 1.10 bits per heavy atom. The highest BCUT2D eigenvalue weighted by Crippen LogP contribution is 2.30. The number of alkyl halides is 3. The van der Waals surface area contributed by atoms with Crippen LogP contribution in [-0.2, 0) is 6.18 Å². The molecule has 0 spiro atoms. The fraction of sp³-hybridized carbons (Fsp3) is 0.286. The van der Waals surface area contributed by atoms with Gasteiger partial charge in [0, 0.05) is 36.4 Å². The van der Waals surface area contributed by atoms with E-state index in [1.165, 1.54) is 6.07 Å². The first-order valence-corrected chi connectivity index (χ1v) is 9.28. The van der Waals surface area contributed by atoms with Gasteiger partial charge in [-0.1, -0.05) is 18.2 Å². The third kappa shape index (κ3) is 4.09. The summed E-state index contributed by atoms with van der Waals surface area (Å²) in [4.78, 5) is 10.3. The molecule has 1 aliphatic rings. The van der Waals surface area contributed by atoms with Gasteiger partial charge in [0.1, 0.15) is 17.6 Å². The van der Waals surface area contributed by atoms with Crippen LogP contribution >= 0.6 is 0 Å². The quantitative estimate of drug-likeness (QED) is 0.700. The summed E-state index contributed by atoms with van der Waals surface area (Å²) in [6.45, 7) is 1.37. The van der Waals surface area contributed by atoms with Crippen molar-refractivity contribution in [2.45, 2.75) is 25.1 Å². The van der Waals surface area contributed by atoms with Crippen LogP contribution in [0.5, 0.6) is 0 Å². The molecule has 0 radical (unpaired) electrons. The number of nitriles is 1. The number of nitrogens with one attached hydrogen (secondary N) is 1. The van der Waals surface area contributed by atoms with Crippen LogP contribution in [0.2, 0.25) is 0 Å². The lowest BCUT2D eigenvalue weighted by Gasteiger charge is -2.34. The Hall–Kier alpha value is -3.34. The van der Waals surface area contributed by atoms with Gasteiger partial charge in [0.2, 0.25) is 0 Å². The Balaban J connectivity index is 1.44. The number of piperidine rings is 1. The number of fused-ring (bicyclic) bond motifs is 1. The largest absolute Gasteiger partial charge is 0.417 e. The Labute approximate surface area is 165 Å². The first-order chi connectivity index (χ1) is 13.9. The maximum Gasteiger partial charge on any atom is 0.417 e. The number of aromatic nitrogens is 2. The highest BCUT2D eigenvalue weighted by atomic mass is 19.4. The molecule has 4 rings (SSSR count). The van der Waals surface area contributed by atoms with E-state index >= 15 is 0 Å². The summed E-state index contributed by atoms with van der Waals surface area (Å²) in [5.74, 6) is 0.553. The molecule has 1 aromatic carbocycles. The minimum Gasteiger partial charge on any atom is -0.382 e.